The normalized spacial score (nSPS) is 11.1. The third kappa shape index (κ3) is 56.0. The predicted molar refractivity (Wildman–Crippen MR) is 52.8 cm³/mol. The number of rotatable bonds is 3. The van der Waals surface area contributed by atoms with E-state index < -0.39 is 48.4 Å². The molecule has 0 rings (SSSR count). The first kappa shape index (κ1) is 27.7. The summed E-state index contributed by atoms with van der Waals surface area (Å²) in [5, 5.41) is 0. The molecule has 0 saturated heterocycles. The summed E-state index contributed by atoms with van der Waals surface area (Å²) in [6.45, 7) is 0. The molecule has 9 nitrogen and oxygen atoms in total. The first-order valence-electron chi connectivity index (χ1n) is 3.17. The van der Waals surface area contributed by atoms with Crippen molar-refractivity contribution in [2.45, 2.75) is 0 Å². The van der Waals surface area contributed by atoms with Gasteiger partial charge in [-0.2, -0.15) is 0 Å². The largest absolute Gasteiger partial charge is 3.00 e. The van der Waals surface area contributed by atoms with E-state index in [0.717, 1.165) is 0 Å². The van der Waals surface area contributed by atoms with Crippen molar-refractivity contribution in [3.05, 3.63) is 0 Å². The van der Waals surface area contributed by atoms with E-state index in [2.05, 4.69) is 0 Å². The van der Waals surface area contributed by atoms with Crippen molar-refractivity contribution in [2.75, 3.05) is 18.0 Å². The molecule has 0 heterocycles. The van der Waals surface area contributed by atoms with Crippen LogP contribution in [-0.4, -0.2) is 83.1 Å². The summed E-state index contributed by atoms with van der Waals surface area (Å²) in [5.41, 5.74) is 0. The number of halogens is 3. The van der Waals surface area contributed by atoms with E-state index in [1.54, 1.807) is 0 Å². The van der Waals surface area contributed by atoms with Gasteiger partial charge in [-0.05, 0) is 0 Å². The minimum Gasteiger partial charge on any atom is -0.746 e. The van der Waals surface area contributed by atoms with Crippen molar-refractivity contribution >= 4 is 56.6 Å². The quantitative estimate of drug-likeness (QED) is 0.286. The van der Waals surface area contributed by atoms with Gasteiger partial charge in [0.15, 0.2) is 18.0 Å². The third-order valence-corrected chi connectivity index (χ3v) is 1.20. The molecule has 0 N–H and O–H groups in total. The monoisotopic (exact) mass is 548 g/mol. The molecule has 0 atom stereocenters. The third-order valence-electron chi connectivity index (χ3n) is 0.401. The zero-order valence-corrected chi connectivity index (χ0v) is 14.5. The Labute approximate surface area is 126 Å². The fourth-order valence-corrected chi connectivity index (χ4v) is 0. The Morgan fingerprint density at radius 2 is 0.632 bits per heavy atom. The van der Waals surface area contributed by atoms with Crippen LogP contribution in [0.2, 0.25) is 0 Å². The average Bonchev–Trinajstić information content (AvgIpc) is 2.16. The summed E-state index contributed by atoms with van der Waals surface area (Å²) in [6.07, 6.45) is 0. The molecule has 2 radical (unpaired) electrons. The number of hydrogen-bond donors (Lipinski definition) is 0. The Kier molecular flexibility index (Phi) is 17.7. The molecule has 0 aliphatic rings. The summed E-state index contributed by atoms with van der Waals surface area (Å²) >= 11 is 0. The minimum absolute atomic E-state index is 0. The molecule has 0 aromatic heterocycles. The van der Waals surface area contributed by atoms with Crippen LogP contribution in [0, 0.1) is 0 Å². The van der Waals surface area contributed by atoms with Crippen molar-refractivity contribution in [1.29, 1.82) is 0 Å². The maximum Gasteiger partial charge on any atom is 3.00 e. The summed E-state index contributed by atoms with van der Waals surface area (Å²) in [6, 6.07) is -5.44. The Morgan fingerprint density at radius 1 is 0.579 bits per heavy atom. The van der Waals surface area contributed by atoms with Crippen molar-refractivity contribution in [1.82, 2.24) is 0 Å². The van der Waals surface area contributed by atoms with Crippen LogP contribution in [0.25, 0.3) is 0 Å². The van der Waals surface area contributed by atoms with E-state index in [1.807, 2.05) is 0 Å². The molecule has 0 unspecified atom stereocenters. The molecule has 0 fully saturated rings. The van der Waals surface area contributed by atoms with Gasteiger partial charge < -0.3 is 13.7 Å². The smallest absolute Gasteiger partial charge is 0.746 e. The Morgan fingerprint density at radius 3 is 0.632 bits per heavy atom. The van der Waals surface area contributed by atoms with Gasteiger partial charge in [0.25, 0.3) is 0 Å². The molecule has 0 aliphatic carbocycles. The molecule has 0 aliphatic heterocycles. The minimum atomic E-state index is -4.58. The van der Waals surface area contributed by atoms with Crippen LogP contribution in [0.3, 0.4) is 0 Å². The maximum absolute atomic E-state index is 10.6. The second kappa shape index (κ2) is 12.2. The van der Waals surface area contributed by atoms with Gasteiger partial charge in [0.05, 0.1) is 0 Å². The van der Waals surface area contributed by atoms with Crippen molar-refractivity contribution in [3.8, 4) is 0 Å². The standard InChI is InChI=1S/3CH3FO3S.Bi/c3*2-1-6(3,4)5;/h3*1H2,(H,3,4,5);/q;;;+3/p-3. The summed E-state index contributed by atoms with van der Waals surface area (Å²) in [7, 11) is -13.7. The van der Waals surface area contributed by atoms with E-state index >= 15 is 0 Å². The molecule has 0 saturated carbocycles. The van der Waals surface area contributed by atoms with Crippen molar-refractivity contribution in [2.24, 2.45) is 0 Å². The second-order valence-electron chi connectivity index (χ2n) is 2.00. The number of hydrogen-bond acceptors (Lipinski definition) is 9. The van der Waals surface area contributed by atoms with Crippen LogP contribution in [-0.2, 0) is 30.4 Å². The van der Waals surface area contributed by atoms with Gasteiger partial charge in [-0.1, -0.05) is 0 Å². The maximum atomic E-state index is 10.6. The molecule has 0 aromatic rings. The van der Waals surface area contributed by atoms with Crippen LogP contribution in [0.1, 0.15) is 0 Å². The molecule has 0 amide bonds. The van der Waals surface area contributed by atoms with Crippen molar-refractivity contribution < 1.29 is 52.1 Å². The molecule has 19 heavy (non-hydrogen) atoms. The number of alkyl halides is 3. The van der Waals surface area contributed by atoms with Crippen LogP contribution >= 0.6 is 0 Å². The predicted octanol–water partition coefficient (Wildman–Crippen LogP) is -2.00. The van der Waals surface area contributed by atoms with Gasteiger partial charge in [0.2, 0.25) is 0 Å². The fraction of sp³-hybridized carbons (Fsp3) is 1.00. The zero-order chi connectivity index (χ0) is 15.6. The van der Waals surface area contributed by atoms with Crippen LogP contribution in [0.5, 0.6) is 0 Å². The molecule has 0 aromatic carbocycles. The molecule has 0 spiro atoms. The van der Waals surface area contributed by atoms with E-state index in [-0.39, 0.29) is 26.2 Å². The summed E-state index contributed by atoms with van der Waals surface area (Å²) in [4.78, 5) is 0. The summed E-state index contributed by atoms with van der Waals surface area (Å²) < 4.78 is 113. The second-order valence-corrected chi connectivity index (χ2v) is 6.00. The fourth-order valence-electron chi connectivity index (χ4n) is 0. The SMILES string of the molecule is O=S(=O)([O-])CF.O=S(=O)([O-])CF.O=S(=O)([O-])CF.[Bi+3]. The Bertz CT molecular complexity index is 420. The van der Waals surface area contributed by atoms with Gasteiger partial charge in [-0.25, -0.2) is 38.4 Å². The van der Waals surface area contributed by atoms with Gasteiger partial charge in [0, 0.05) is 0 Å². The van der Waals surface area contributed by atoms with E-state index in [1.165, 1.54) is 0 Å². The van der Waals surface area contributed by atoms with Gasteiger partial charge >= 0.3 is 26.2 Å². The van der Waals surface area contributed by atoms with Crippen LogP contribution in [0.15, 0.2) is 0 Å². The molecule has 0 bridgehead atoms. The van der Waals surface area contributed by atoms with Gasteiger partial charge in [-0.3, -0.25) is 0 Å². The van der Waals surface area contributed by atoms with Crippen LogP contribution in [0.4, 0.5) is 13.2 Å². The zero-order valence-electron chi connectivity index (χ0n) is 8.60. The molecule has 116 valence electrons. The first-order valence-corrected chi connectivity index (χ1v) is 7.90. The topological polar surface area (TPSA) is 172 Å². The van der Waals surface area contributed by atoms with E-state index in [0.29, 0.717) is 0 Å². The van der Waals surface area contributed by atoms with Gasteiger partial charge in [-0.15, -0.1) is 0 Å². The van der Waals surface area contributed by atoms with E-state index in [4.69, 9.17) is 38.9 Å². The Balaban J connectivity index is -0.0000000865. The molecule has 16 heteroatoms. The van der Waals surface area contributed by atoms with Crippen LogP contribution < -0.4 is 0 Å². The molecular formula is C3H6BiF3O9S3. The summed E-state index contributed by atoms with van der Waals surface area (Å²) in [5.74, 6) is 0. The van der Waals surface area contributed by atoms with E-state index in [9.17, 15) is 13.2 Å². The molecular weight excluding hydrogens is 542 g/mol. The van der Waals surface area contributed by atoms with Gasteiger partial charge in [0.1, 0.15) is 30.4 Å². The Hall–Kier alpha value is 0.403. The average molecular weight is 548 g/mol. The first-order chi connectivity index (χ1) is 7.68. The van der Waals surface area contributed by atoms with Crippen molar-refractivity contribution in [3.63, 3.8) is 0 Å².